The van der Waals surface area contributed by atoms with E-state index in [4.69, 9.17) is 9.26 Å². The van der Waals surface area contributed by atoms with E-state index in [0.717, 1.165) is 33.4 Å². The van der Waals surface area contributed by atoms with Crippen LogP contribution in [-0.2, 0) is 16.1 Å². The highest BCUT2D eigenvalue weighted by atomic mass is 16.5. The summed E-state index contributed by atoms with van der Waals surface area (Å²) in [5, 5.41) is 25.5. The van der Waals surface area contributed by atoms with Gasteiger partial charge in [0.1, 0.15) is 30.2 Å². The van der Waals surface area contributed by atoms with Crippen molar-refractivity contribution in [2.45, 2.75) is 31.0 Å². The molecule has 180 valence electrons. The maximum Gasteiger partial charge on any atom is 0.407 e. The van der Waals surface area contributed by atoms with Crippen molar-refractivity contribution in [1.29, 1.82) is 0 Å². The van der Waals surface area contributed by atoms with Gasteiger partial charge in [0, 0.05) is 18.9 Å². The monoisotopic (exact) mass is 477 g/mol. The quantitative estimate of drug-likeness (QED) is 0.491. The maximum atomic E-state index is 12.9. The Balaban J connectivity index is 1.22. The molecule has 0 radical (unpaired) electrons. The van der Waals surface area contributed by atoms with E-state index in [0.29, 0.717) is 0 Å². The molecule has 1 aliphatic carbocycles. The first-order valence-electron chi connectivity index (χ1n) is 11.2. The molecule has 3 aromatic rings. The molecular weight excluding hydrogens is 454 g/mol. The number of amides is 2. The molecule has 10 nitrogen and oxygen atoms in total. The first-order chi connectivity index (χ1) is 16.9. The fourth-order valence-electron chi connectivity index (χ4n) is 4.79. The van der Waals surface area contributed by atoms with Crippen LogP contribution in [0.15, 0.2) is 59.3 Å². The number of carboxylic acid groups (broad SMARTS) is 1. The highest BCUT2D eigenvalue weighted by Crippen LogP contribution is 2.44. The number of hydrogen-bond acceptors (Lipinski definition) is 7. The van der Waals surface area contributed by atoms with E-state index < -0.39 is 30.1 Å². The minimum absolute atomic E-state index is 0.0179. The summed E-state index contributed by atoms with van der Waals surface area (Å²) in [7, 11) is 0. The third-order valence-electron chi connectivity index (χ3n) is 6.44. The van der Waals surface area contributed by atoms with Gasteiger partial charge in [-0.05, 0) is 22.3 Å². The van der Waals surface area contributed by atoms with Crippen molar-refractivity contribution in [3.05, 3.63) is 77.2 Å². The molecule has 0 saturated carbocycles. The molecule has 1 saturated heterocycles. The van der Waals surface area contributed by atoms with Crippen molar-refractivity contribution in [1.82, 2.24) is 15.4 Å². The number of carboxylic acids is 1. The number of hydrogen-bond donors (Lipinski definition) is 3. The summed E-state index contributed by atoms with van der Waals surface area (Å²) in [6.45, 7) is -0.126. The Bertz CT molecular complexity index is 1240. The minimum atomic E-state index is -1.20. The predicted octanol–water partition coefficient (Wildman–Crippen LogP) is 2.37. The standard InChI is InChI=1S/C25H23N3O7/c29-14-9-22(24(31)32)28(11-14)23(30)20-13-35-27-21(20)10-26-25(33)34-12-19-17-7-3-1-5-15(17)16-6-2-4-8-18(16)19/h1-8,13-14,19,22,29H,9-12H2,(H,26,33)(H,31,32)/t14-,22+/m1/s1. The highest BCUT2D eigenvalue weighted by Gasteiger charge is 2.40. The molecule has 2 heterocycles. The molecule has 1 aromatic heterocycles. The van der Waals surface area contributed by atoms with Crippen molar-refractivity contribution in [3.63, 3.8) is 0 Å². The largest absolute Gasteiger partial charge is 0.480 e. The van der Waals surface area contributed by atoms with Crippen molar-refractivity contribution in [2.75, 3.05) is 13.2 Å². The van der Waals surface area contributed by atoms with E-state index in [2.05, 4.69) is 10.5 Å². The van der Waals surface area contributed by atoms with Crippen molar-refractivity contribution < 1.29 is 33.9 Å². The van der Waals surface area contributed by atoms with Crippen molar-refractivity contribution in [3.8, 4) is 11.1 Å². The second-order valence-corrected chi connectivity index (χ2v) is 8.56. The number of nitrogens with zero attached hydrogens (tertiary/aromatic N) is 2. The number of nitrogens with one attached hydrogen (secondary N) is 1. The number of alkyl carbamates (subject to hydrolysis) is 1. The zero-order chi connectivity index (χ0) is 24.5. The van der Waals surface area contributed by atoms with Crippen LogP contribution in [0, 0.1) is 0 Å². The predicted molar refractivity (Wildman–Crippen MR) is 121 cm³/mol. The summed E-state index contributed by atoms with van der Waals surface area (Å²) in [5.41, 5.74) is 4.57. The smallest absolute Gasteiger partial charge is 0.407 e. The summed E-state index contributed by atoms with van der Waals surface area (Å²) in [6.07, 6.45) is -0.573. The Labute approximate surface area is 200 Å². The number of carbonyl (C=O) groups excluding carboxylic acids is 2. The fraction of sp³-hybridized carbons (Fsp3) is 0.280. The molecule has 2 aromatic carbocycles. The maximum absolute atomic E-state index is 12.9. The molecule has 2 atom stereocenters. The number of benzene rings is 2. The second kappa shape index (κ2) is 9.22. The van der Waals surface area contributed by atoms with E-state index in [1.807, 2.05) is 48.5 Å². The zero-order valence-corrected chi connectivity index (χ0v) is 18.6. The average molecular weight is 477 g/mol. The molecule has 1 fully saturated rings. The van der Waals surface area contributed by atoms with Crippen LogP contribution in [0.25, 0.3) is 11.1 Å². The number of likely N-dealkylation sites (tertiary alicyclic amines) is 1. The summed E-state index contributed by atoms with van der Waals surface area (Å²) >= 11 is 0. The van der Waals surface area contributed by atoms with Crippen molar-refractivity contribution in [2.24, 2.45) is 0 Å². The van der Waals surface area contributed by atoms with E-state index in [-0.39, 0.29) is 43.3 Å². The van der Waals surface area contributed by atoms with Gasteiger partial charge in [0.05, 0.1) is 12.6 Å². The van der Waals surface area contributed by atoms with E-state index >= 15 is 0 Å². The molecule has 0 unspecified atom stereocenters. The lowest BCUT2D eigenvalue weighted by Gasteiger charge is -2.20. The first-order valence-corrected chi connectivity index (χ1v) is 11.2. The molecule has 0 bridgehead atoms. The summed E-state index contributed by atoms with van der Waals surface area (Å²) in [4.78, 5) is 37.8. The molecule has 2 aliphatic rings. The van der Waals surface area contributed by atoms with Gasteiger partial charge in [0.15, 0.2) is 0 Å². The zero-order valence-electron chi connectivity index (χ0n) is 18.6. The number of aromatic nitrogens is 1. The number of rotatable bonds is 6. The second-order valence-electron chi connectivity index (χ2n) is 8.56. The van der Waals surface area contributed by atoms with E-state index in [1.165, 1.54) is 0 Å². The average Bonchev–Trinajstić information content (AvgIpc) is 3.57. The Hall–Kier alpha value is -4.18. The van der Waals surface area contributed by atoms with Gasteiger partial charge in [0.2, 0.25) is 0 Å². The van der Waals surface area contributed by atoms with Gasteiger partial charge < -0.3 is 29.7 Å². The molecule has 3 N–H and O–H groups in total. The van der Waals surface area contributed by atoms with Gasteiger partial charge in [-0.25, -0.2) is 9.59 Å². The van der Waals surface area contributed by atoms with Crippen LogP contribution in [0.2, 0.25) is 0 Å². The highest BCUT2D eigenvalue weighted by molar-refractivity contribution is 5.97. The van der Waals surface area contributed by atoms with Gasteiger partial charge in [0.25, 0.3) is 5.91 Å². The topological polar surface area (TPSA) is 142 Å². The number of β-amino-alcohol motifs (C(OH)–C–C–N with tert-alkyl or cyclic N) is 1. The minimum Gasteiger partial charge on any atom is -0.480 e. The third kappa shape index (κ3) is 4.24. The number of ether oxygens (including phenoxy) is 1. The van der Waals surface area contributed by atoms with E-state index in [9.17, 15) is 24.6 Å². The van der Waals surface area contributed by atoms with Crippen LogP contribution in [0.1, 0.15) is 39.5 Å². The third-order valence-corrected chi connectivity index (χ3v) is 6.44. The first kappa shape index (κ1) is 22.6. The fourth-order valence-corrected chi connectivity index (χ4v) is 4.79. The number of aliphatic hydroxyl groups excluding tert-OH is 1. The van der Waals surface area contributed by atoms with Crippen LogP contribution in [-0.4, -0.2) is 63.5 Å². The van der Waals surface area contributed by atoms with E-state index in [1.54, 1.807) is 0 Å². The number of aliphatic carboxylic acids is 1. The normalized spacial score (nSPS) is 18.7. The number of aliphatic hydroxyl groups is 1. The van der Waals surface area contributed by atoms with Gasteiger partial charge >= 0.3 is 12.1 Å². The Morgan fingerprint density at radius 1 is 1.09 bits per heavy atom. The Kier molecular flexibility index (Phi) is 5.96. The van der Waals surface area contributed by atoms with Gasteiger partial charge in [-0.2, -0.15) is 0 Å². The Morgan fingerprint density at radius 2 is 1.74 bits per heavy atom. The summed E-state index contributed by atoms with van der Waals surface area (Å²) in [6, 6.07) is 14.9. The van der Waals surface area contributed by atoms with Crippen LogP contribution in [0.3, 0.4) is 0 Å². The van der Waals surface area contributed by atoms with Crippen LogP contribution in [0.5, 0.6) is 0 Å². The SMILES string of the molecule is O=C(NCc1nocc1C(=O)N1C[C@H](O)C[C@H]1C(=O)O)OCC1c2ccccc2-c2ccccc21. The molecular formula is C25H23N3O7. The molecule has 35 heavy (non-hydrogen) atoms. The van der Waals surface area contributed by atoms with Gasteiger partial charge in [-0.3, -0.25) is 4.79 Å². The van der Waals surface area contributed by atoms with Crippen molar-refractivity contribution >= 4 is 18.0 Å². The molecule has 0 spiro atoms. The van der Waals surface area contributed by atoms with Gasteiger partial charge in [-0.1, -0.05) is 53.7 Å². The van der Waals surface area contributed by atoms with Crippen LogP contribution < -0.4 is 5.32 Å². The number of carbonyl (C=O) groups is 3. The Morgan fingerprint density at radius 3 is 2.40 bits per heavy atom. The van der Waals surface area contributed by atoms with Crippen LogP contribution in [0.4, 0.5) is 4.79 Å². The molecule has 5 rings (SSSR count). The van der Waals surface area contributed by atoms with Crippen LogP contribution >= 0.6 is 0 Å². The summed E-state index contributed by atoms with van der Waals surface area (Å²) < 4.78 is 10.4. The summed E-state index contributed by atoms with van der Waals surface area (Å²) in [5.74, 6) is -1.93. The molecule has 1 aliphatic heterocycles. The molecule has 10 heteroatoms. The lowest BCUT2D eigenvalue weighted by Crippen LogP contribution is -2.41. The number of fused-ring (bicyclic) bond motifs is 3. The lowest BCUT2D eigenvalue weighted by molar-refractivity contribution is -0.141. The van der Waals surface area contributed by atoms with Gasteiger partial charge in [-0.15, -0.1) is 0 Å². The lowest BCUT2D eigenvalue weighted by atomic mass is 9.98. The molecule has 2 amide bonds.